The molecule has 83 valence electrons. The Kier molecular flexibility index (Phi) is 148000. The van der Waals surface area contributed by atoms with Crippen molar-refractivity contribution in [2.45, 2.75) is 0 Å². The Morgan fingerprint density at radius 1 is 0.500 bits per heavy atom. The monoisotopic (exact) mass is 321 g/mol. The van der Waals surface area contributed by atoms with Gasteiger partial charge < -0.3 is 80.6 Å². The fraction of sp³-hybridized carbons (Fsp3) is 0. The zero-order valence-electron chi connectivity index (χ0n) is 9.95. The van der Waals surface area contributed by atoms with E-state index in [1.807, 2.05) is 0 Å². The Morgan fingerprint density at radius 3 is 0.500 bits per heavy atom. The average Bonchev–Trinajstić information content (AvgIpc) is 2.33. The van der Waals surface area contributed by atoms with Crippen LogP contribution in [0.5, 0.6) is 0 Å². The summed E-state index contributed by atoms with van der Waals surface area (Å²) in [6.07, 6.45) is 0. The number of nitroso groups, excluding NO2 is 1. The molecule has 13 heteroatoms. The molecule has 1 radical (unpaired) electrons. The topological polar surface area (TPSA) is 221 Å². The maximum absolute atomic E-state index is 7.25. The van der Waals surface area contributed by atoms with Crippen molar-refractivity contribution in [1.82, 2.24) is 0 Å². The summed E-state index contributed by atoms with van der Waals surface area (Å²) in [6.45, 7) is 23.8. The first-order valence-corrected chi connectivity index (χ1v) is 1.30. The molecule has 0 aliphatic heterocycles. The van der Waals surface area contributed by atoms with Gasteiger partial charge >= 0.3 is 106 Å². The van der Waals surface area contributed by atoms with Crippen LogP contribution in [-0.2, 0) is 17.1 Å². The van der Waals surface area contributed by atoms with Gasteiger partial charge in [-0.15, -0.1) is 0 Å². The molecular weight excluding hydrogens is 317 g/mol. The van der Waals surface area contributed by atoms with Crippen molar-refractivity contribution in [3.05, 3.63) is 43.4 Å². The van der Waals surface area contributed by atoms with E-state index in [-0.39, 0.29) is 117 Å². The second kappa shape index (κ2) is 19800. The molecule has 0 aliphatic carbocycles. The molecule has 0 saturated carbocycles. The quantitative estimate of drug-likeness (QED) is 0.311. The largest absolute Gasteiger partial charge is 3.00 e. The van der Waals surface area contributed by atoms with Crippen molar-refractivity contribution < 1.29 is 117 Å². The van der Waals surface area contributed by atoms with Gasteiger partial charge in [0.25, 0.3) is 0 Å². The Balaban J connectivity index is -0.00000000225. The third-order valence-corrected chi connectivity index (χ3v) is 0. The molecule has 0 aromatic rings. The summed E-state index contributed by atoms with van der Waals surface area (Å²) in [6, 6.07) is 0. The number of hydrogen-bond acceptors (Lipinski definition) is 6. The molecule has 4 N–H and O–H groups in total. The minimum absolute atomic E-state index is 0. The van der Waals surface area contributed by atoms with Crippen LogP contribution >= 0.6 is 0 Å². The Bertz CT molecular complexity index is 108. The van der Waals surface area contributed by atoms with E-state index in [0.29, 0.717) is 0 Å². The standard InChI is InChI=1S/5CN.Fe.NO.3Na.2H2O/c5*1-2;;1-2;;;;;/h;;;;;;;;;;2*1H2/q5*-1;+3;-1;3*+1;;. The molecule has 18 heavy (non-hydrogen) atoms. The predicted molar refractivity (Wildman–Crippen MR) is 38.8 cm³/mol. The van der Waals surface area contributed by atoms with Crippen molar-refractivity contribution in [1.29, 1.82) is 26.3 Å². The van der Waals surface area contributed by atoms with Crippen LogP contribution in [0.15, 0.2) is 0 Å². The minimum Gasteiger partial charge on any atom is -0.577 e. The average molecular weight is 321 g/mol. The summed E-state index contributed by atoms with van der Waals surface area (Å²) in [7, 11) is 0. The van der Waals surface area contributed by atoms with Gasteiger partial charge in [-0.25, -0.2) is 0 Å². The Labute approximate surface area is 183 Å². The van der Waals surface area contributed by atoms with Gasteiger partial charge in [-0.3, -0.25) is 0 Å². The molecule has 0 spiro atoms. The first kappa shape index (κ1) is 134. The first-order chi connectivity index (χ1) is 6.00. The second-order valence-electron chi connectivity index (χ2n) is 0. The summed E-state index contributed by atoms with van der Waals surface area (Å²) >= 11 is 0. The van der Waals surface area contributed by atoms with Gasteiger partial charge in [0.15, 0.2) is 0 Å². The van der Waals surface area contributed by atoms with Crippen LogP contribution in [0.25, 0.3) is 5.59 Å². The van der Waals surface area contributed by atoms with Gasteiger partial charge in [0.05, 0.1) is 0 Å². The molecule has 0 rings (SSSR count). The van der Waals surface area contributed by atoms with Gasteiger partial charge in [0, 0.05) is 0 Å². The van der Waals surface area contributed by atoms with E-state index in [1.165, 1.54) is 0 Å². The zero-order chi connectivity index (χ0) is 12.0. The van der Waals surface area contributed by atoms with Gasteiger partial charge in [-0.1, -0.05) is 0 Å². The fourth-order valence-corrected chi connectivity index (χ4v) is 0. The van der Waals surface area contributed by atoms with E-state index >= 15 is 0 Å². The molecule has 0 aromatic carbocycles. The zero-order valence-corrected chi connectivity index (χ0v) is 17.0. The fourth-order valence-electron chi connectivity index (χ4n) is 0. The van der Waals surface area contributed by atoms with E-state index in [1.54, 1.807) is 0 Å². The van der Waals surface area contributed by atoms with Crippen LogP contribution < -0.4 is 88.7 Å². The maximum atomic E-state index is 7.25. The minimum atomic E-state index is 0. The SMILES string of the molecule is O.O.[C-]#N.[C-]#N.[C-]#N.[C-]#N.[C-]#N.[Fe+3].[N-]=O.[Na+].[Na+].[Na+]. The Hall–Kier alpha value is 0.489. The van der Waals surface area contributed by atoms with Crippen LogP contribution in [0.2, 0.25) is 0 Å². The molecule has 0 aliphatic rings. The van der Waals surface area contributed by atoms with E-state index in [4.69, 9.17) is 69.7 Å². The summed E-state index contributed by atoms with van der Waals surface area (Å²) in [5.74, 6) is 0. The van der Waals surface area contributed by atoms with Gasteiger partial charge in [0.1, 0.15) is 0 Å². The summed E-state index contributed by atoms with van der Waals surface area (Å²) in [5, 5.41) is 31.2. The van der Waals surface area contributed by atoms with Gasteiger partial charge in [-0.05, 0) is 0 Å². The van der Waals surface area contributed by atoms with Crippen molar-refractivity contribution in [3.8, 4) is 0 Å². The first-order valence-electron chi connectivity index (χ1n) is 1.30. The van der Waals surface area contributed by atoms with Crippen molar-refractivity contribution in [3.63, 3.8) is 0 Å². The maximum Gasteiger partial charge on any atom is 3.00 e. The van der Waals surface area contributed by atoms with Crippen LogP contribution in [0, 0.1) is 64.1 Å². The third-order valence-electron chi connectivity index (χ3n) is 0. The van der Waals surface area contributed by atoms with Crippen molar-refractivity contribution in [2.24, 2.45) is 0 Å². The number of nitrogens with zero attached hydrogens (tertiary/aromatic N) is 6. The number of hydrogen-bond donors (Lipinski definition) is 0. The second-order valence-corrected chi connectivity index (χ2v) is 0. The van der Waals surface area contributed by atoms with Gasteiger partial charge in [0.2, 0.25) is 0 Å². The van der Waals surface area contributed by atoms with E-state index in [2.05, 4.69) is 0 Å². The molecule has 0 heterocycles. The van der Waals surface area contributed by atoms with E-state index in [0.717, 1.165) is 0 Å². The van der Waals surface area contributed by atoms with Crippen molar-refractivity contribution in [2.75, 3.05) is 0 Å². The van der Waals surface area contributed by atoms with Crippen LogP contribution in [0.3, 0.4) is 0 Å². The molecule has 0 fully saturated rings. The normalized spacial score (nSPS) is 0.778. The third kappa shape index (κ3) is 16500. The van der Waals surface area contributed by atoms with Crippen LogP contribution in [0.4, 0.5) is 0 Å². The predicted octanol–water partition coefficient (Wildman–Crippen LogP) is -9.84. The Morgan fingerprint density at radius 2 is 0.500 bits per heavy atom. The van der Waals surface area contributed by atoms with E-state index in [9.17, 15) is 0 Å². The van der Waals surface area contributed by atoms with E-state index < -0.39 is 0 Å². The smallest absolute Gasteiger partial charge is 0.577 e. The number of rotatable bonds is 0. The summed E-state index contributed by atoms with van der Waals surface area (Å²) in [5.41, 5.74) is 5.75. The molecule has 0 unspecified atom stereocenters. The molecular formula is C5H4FeN6Na3O3. The van der Waals surface area contributed by atoms with Crippen LogP contribution in [0.1, 0.15) is 0 Å². The molecule has 0 saturated heterocycles. The molecule has 0 aromatic heterocycles. The molecule has 0 atom stereocenters. The molecule has 9 nitrogen and oxygen atoms in total. The molecule has 0 amide bonds. The molecule has 0 bridgehead atoms. The van der Waals surface area contributed by atoms with Crippen LogP contribution in [-0.4, -0.2) is 11.0 Å². The van der Waals surface area contributed by atoms with Gasteiger partial charge in [-0.2, -0.15) is 0 Å². The van der Waals surface area contributed by atoms with Crippen molar-refractivity contribution >= 4 is 0 Å². The summed E-state index contributed by atoms with van der Waals surface area (Å²) < 4.78 is 0. The summed E-state index contributed by atoms with van der Waals surface area (Å²) in [4.78, 5) is 7.25.